The Morgan fingerprint density at radius 1 is 0.952 bits per heavy atom. The summed E-state index contributed by atoms with van der Waals surface area (Å²) in [6, 6.07) is 15.3. The first-order chi connectivity index (χ1) is 10.2. The molecule has 3 aromatic rings. The molecule has 0 aliphatic heterocycles. The lowest BCUT2D eigenvalue weighted by Gasteiger charge is -2.06. The molecule has 1 aromatic heterocycles. The zero-order valence-corrected chi connectivity index (χ0v) is 10.9. The van der Waals surface area contributed by atoms with Crippen LogP contribution in [0.5, 0.6) is 11.5 Å². The molecule has 3 rings (SSSR count). The number of nitro groups is 1. The first kappa shape index (κ1) is 12.9. The van der Waals surface area contributed by atoms with Gasteiger partial charge in [-0.25, -0.2) is 0 Å². The number of aromatic amines is 1. The van der Waals surface area contributed by atoms with E-state index in [1.807, 2.05) is 30.3 Å². The average Bonchev–Trinajstić information content (AvgIpc) is 3.03. The van der Waals surface area contributed by atoms with Gasteiger partial charge in [-0.1, -0.05) is 0 Å². The van der Waals surface area contributed by atoms with Crippen LogP contribution in [0.3, 0.4) is 0 Å². The predicted molar refractivity (Wildman–Crippen MR) is 77.2 cm³/mol. The number of hydrogen-bond acceptors (Lipinski definition) is 4. The number of H-pyrrole nitrogens is 1. The number of aromatic nitrogens is 2. The SMILES string of the molecule is O=[N+]([O-])c1ccc(Oc2ccc(-c3cc[nH]n3)cc2)cc1. The minimum atomic E-state index is -0.442. The molecule has 6 nitrogen and oxygen atoms in total. The smallest absolute Gasteiger partial charge is 0.269 e. The Hall–Kier alpha value is -3.15. The summed E-state index contributed by atoms with van der Waals surface area (Å²) in [4.78, 5) is 10.1. The van der Waals surface area contributed by atoms with Gasteiger partial charge in [-0.05, 0) is 42.5 Å². The van der Waals surface area contributed by atoms with Gasteiger partial charge in [-0.2, -0.15) is 5.10 Å². The minimum absolute atomic E-state index is 0.0382. The summed E-state index contributed by atoms with van der Waals surface area (Å²) in [6.45, 7) is 0. The molecule has 0 amide bonds. The van der Waals surface area contributed by atoms with Crippen molar-refractivity contribution >= 4 is 5.69 Å². The van der Waals surface area contributed by atoms with Crippen LogP contribution >= 0.6 is 0 Å². The van der Waals surface area contributed by atoms with Gasteiger partial charge in [-0.15, -0.1) is 0 Å². The van der Waals surface area contributed by atoms with E-state index < -0.39 is 4.92 Å². The highest BCUT2D eigenvalue weighted by Crippen LogP contribution is 2.26. The standard InChI is InChI=1S/C15H11N3O3/c19-18(20)12-3-7-14(8-4-12)21-13-5-1-11(2-6-13)15-9-10-16-17-15/h1-10H,(H,16,17). The summed E-state index contributed by atoms with van der Waals surface area (Å²) in [6.07, 6.45) is 1.76. The van der Waals surface area contributed by atoms with Crippen molar-refractivity contribution in [1.29, 1.82) is 0 Å². The Bertz CT molecular complexity index is 735. The molecule has 0 unspecified atom stereocenters. The van der Waals surface area contributed by atoms with E-state index >= 15 is 0 Å². The largest absolute Gasteiger partial charge is 0.457 e. The molecule has 0 bridgehead atoms. The van der Waals surface area contributed by atoms with Crippen LogP contribution in [0.15, 0.2) is 60.8 Å². The number of nitrogens with one attached hydrogen (secondary N) is 1. The first-order valence-electron chi connectivity index (χ1n) is 6.25. The van der Waals surface area contributed by atoms with Crippen LogP contribution in [0.2, 0.25) is 0 Å². The van der Waals surface area contributed by atoms with Gasteiger partial charge in [0, 0.05) is 23.9 Å². The van der Waals surface area contributed by atoms with Crippen molar-refractivity contribution < 1.29 is 9.66 Å². The molecule has 6 heteroatoms. The van der Waals surface area contributed by atoms with Crippen molar-refractivity contribution in [2.75, 3.05) is 0 Å². The normalized spacial score (nSPS) is 10.3. The van der Waals surface area contributed by atoms with Gasteiger partial charge in [-0.3, -0.25) is 15.2 Å². The van der Waals surface area contributed by atoms with Gasteiger partial charge in [0.2, 0.25) is 0 Å². The Balaban J connectivity index is 1.74. The lowest BCUT2D eigenvalue weighted by molar-refractivity contribution is -0.384. The molecule has 104 valence electrons. The van der Waals surface area contributed by atoms with Crippen molar-refractivity contribution in [3.05, 3.63) is 70.9 Å². The fourth-order valence-electron chi connectivity index (χ4n) is 1.89. The van der Waals surface area contributed by atoms with Crippen LogP contribution in [-0.4, -0.2) is 15.1 Å². The maximum Gasteiger partial charge on any atom is 0.269 e. The third kappa shape index (κ3) is 2.89. The van der Waals surface area contributed by atoms with E-state index in [0.717, 1.165) is 11.3 Å². The van der Waals surface area contributed by atoms with E-state index in [1.165, 1.54) is 12.1 Å². The fraction of sp³-hybridized carbons (Fsp3) is 0. The molecule has 0 saturated carbocycles. The summed E-state index contributed by atoms with van der Waals surface area (Å²) < 4.78 is 5.63. The molecule has 0 saturated heterocycles. The maximum absolute atomic E-state index is 10.6. The third-order valence-electron chi connectivity index (χ3n) is 2.93. The van der Waals surface area contributed by atoms with Crippen molar-refractivity contribution in [3.8, 4) is 22.8 Å². The number of nitrogens with zero attached hydrogens (tertiary/aromatic N) is 2. The number of rotatable bonds is 4. The molecular weight excluding hydrogens is 270 g/mol. The minimum Gasteiger partial charge on any atom is -0.457 e. The molecule has 0 fully saturated rings. The summed E-state index contributed by atoms with van der Waals surface area (Å²) in [7, 11) is 0. The van der Waals surface area contributed by atoms with Gasteiger partial charge >= 0.3 is 0 Å². The molecular formula is C15H11N3O3. The number of nitro benzene ring substituents is 1. The molecule has 0 aliphatic rings. The number of hydrogen-bond donors (Lipinski definition) is 1. The summed E-state index contributed by atoms with van der Waals surface area (Å²) in [5.41, 5.74) is 1.88. The Labute approximate surface area is 120 Å². The van der Waals surface area contributed by atoms with Crippen LogP contribution < -0.4 is 4.74 Å². The number of benzene rings is 2. The van der Waals surface area contributed by atoms with Crippen LogP contribution in [-0.2, 0) is 0 Å². The van der Waals surface area contributed by atoms with E-state index in [0.29, 0.717) is 11.5 Å². The Morgan fingerprint density at radius 3 is 2.10 bits per heavy atom. The highest BCUT2D eigenvalue weighted by Gasteiger charge is 2.05. The fourth-order valence-corrected chi connectivity index (χ4v) is 1.89. The van der Waals surface area contributed by atoms with Gasteiger partial charge in [0.05, 0.1) is 10.6 Å². The van der Waals surface area contributed by atoms with Crippen molar-refractivity contribution in [1.82, 2.24) is 10.2 Å². The second kappa shape index (κ2) is 5.46. The second-order valence-electron chi connectivity index (χ2n) is 4.34. The quantitative estimate of drug-likeness (QED) is 0.583. The number of ether oxygens (including phenoxy) is 1. The lowest BCUT2D eigenvalue weighted by Crippen LogP contribution is -1.88. The van der Waals surface area contributed by atoms with Crippen LogP contribution in [0.4, 0.5) is 5.69 Å². The average molecular weight is 281 g/mol. The lowest BCUT2D eigenvalue weighted by atomic mass is 10.1. The highest BCUT2D eigenvalue weighted by atomic mass is 16.6. The molecule has 0 spiro atoms. The van der Waals surface area contributed by atoms with Crippen LogP contribution in [0.25, 0.3) is 11.3 Å². The Morgan fingerprint density at radius 2 is 1.57 bits per heavy atom. The molecule has 1 heterocycles. The second-order valence-corrected chi connectivity index (χ2v) is 4.34. The van der Waals surface area contributed by atoms with Gasteiger partial charge in [0.1, 0.15) is 11.5 Å². The van der Waals surface area contributed by atoms with Crippen molar-refractivity contribution in [2.45, 2.75) is 0 Å². The summed E-state index contributed by atoms with van der Waals surface area (Å²) in [5.74, 6) is 1.20. The van der Waals surface area contributed by atoms with Gasteiger partial charge in [0.15, 0.2) is 0 Å². The van der Waals surface area contributed by atoms with Gasteiger partial charge < -0.3 is 4.74 Å². The topological polar surface area (TPSA) is 81.0 Å². The zero-order chi connectivity index (χ0) is 14.7. The summed E-state index contributed by atoms with van der Waals surface area (Å²) >= 11 is 0. The van der Waals surface area contributed by atoms with E-state index in [4.69, 9.17) is 4.74 Å². The first-order valence-corrected chi connectivity index (χ1v) is 6.25. The highest BCUT2D eigenvalue weighted by molar-refractivity contribution is 5.59. The van der Waals surface area contributed by atoms with Crippen molar-refractivity contribution in [2.24, 2.45) is 0 Å². The monoisotopic (exact) mass is 281 g/mol. The molecule has 0 atom stereocenters. The third-order valence-corrected chi connectivity index (χ3v) is 2.93. The molecule has 1 N–H and O–H groups in total. The molecule has 0 radical (unpaired) electrons. The van der Waals surface area contributed by atoms with Crippen molar-refractivity contribution in [3.63, 3.8) is 0 Å². The summed E-state index contributed by atoms with van der Waals surface area (Å²) in [5, 5.41) is 17.4. The molecule has 2 aromatic carbocycles. The van der Waals surface area contributed by atoms with E-state index in [-0.39, 0.29) is 5.69 Å². The van der Waals surface area contributed by atoms with E-state index in [1.54, 1.807) is 18.3 Å². The number of non-ortho nitro benzene ring substituents is 1. The Kier molecular flexibility index (Phi) is 3.34. The zero-order valence-electron chi connectivity index (χ0n) is 10.9. The maximum atomic E-state index is 10.6. The van der Waals surface area contributed by atoms with Crippen LogP contribution in [0.1, 0.15) is 0 Å². The van der Waals surface area contributed by atoms with Crippen LogP contribution in [0, 0.1) is 10.1 Å². The predicted octanol–water partition coefficient (Wildman–Crippen LogP) is 3.78. The van der Waals surface area contributed by atoms with E-state index in [9.17, 15) is 10.1 Å². The molecule has 0 aliphatic carbocycles. The molecule has 21 heavy (non-hydrogen) atoms. The van der Waals surface area contributed by atoms with E-state index in [2.05, 4.69) is 10.2 Å². The van der Waals surface area contributed by atoms with Gasteiger partial charge in [0.25, 0.3) is 5.69 Å².